The summed E-state index contributed by atoms with van der Waals surface area (Å²) < 4.78 is 42.6. The Labute approximate surface area is 109 Å². The zero-order chi connectivity index (χ0) is 14.5. The van der Waals surface area contributed by atoms with E-state index in [1.165, 1.54) is 0 Å². The van der Waals surface area contributed by atoms with Crippen LogP contribution in [-0.4, -0.2) is 22.8 Å². The Morgan fingerprint density at radius 2 is 2.05 bits per heavy atom. The van der Waals surface area contributed by atoms with Gasteiger partial charge in [-0.05, 0) is 12.8 Å². The van der Waals surface area contributed by atoms with Crippen molar-refractivity contribution in [1.82, 2.24) is 10.2 Å². The fourth-order valence-corrected chi connectivity index (χ4v) is 1.75. The summed E-state index contributed by atoms with van der Waals surface area (Å²) in [6.07, 6.45) is -2.04. The van der Waals surface area contributed by atoms with Crippen molar-refractivity contribution in [2.75, 3.05) is 6.61 Å². The van der Waals surface area contributed by atoms with Crippen LogP contribution < -0.4 is 0 Å². The third kappa shape index (κ3) is 4.25. The number of alkyl halides is 3. The van der Waals surface area contributed by atoms with Crippen molar-refractivity contribution in [3.8, 4) is 0 Å². The molecule has 1 aromatic heterocycles. The Bertz CT molecular complexity index is 411. The lowest BCUT2D eigenvalue weighted by atomic mass is 10.0. The maximum atomic E-state index is 12.5. The van der Waals surface area contributed by atoms with Crippen LogP contribution in [0.5, 0.6) is 0 Å². The Hall–Kier alpha value is -1.53. The molecule has 19 heavy (non-hydrogen) atoms. The highest BCUT2D eigenvalue weighted by Crippen LogP contribution is 2.30. The lowest BCUT2D eigenvalue weighted by Crippen LogP contribution is -2.18. The highest BCUT2D eigenvalue weighted by molar-refractivity contribution is 5.72. The summed E-state index contributed by atoms with van der Waals surface area (Å²) in [4.78, 5) is 11.5. The Kier molecular flexibility index (Phi) is 5.38. The zero-order valence-corrected chi connectivity index (χ0v) is 10.9. The van der Waals surface area contributed by atoms with Gasteiger partial charge in [0, 0.05) is 12.0 Å². The average Bonchev–Trinajstić information content (AvgIpc) is 2.78. The number of nitrogens with one attached hydrogen (secondary N) is 1. The number of carbonyl (C=O) groups is 1. The van der Waals surface area contributed by atoms with Gasteiger partial charge in [0.25, 0.3) is 0 Å². The maximum absolute atomic E-state index is 12.5. The third-order valence-corrected chi connectivity index (χ3v) is 2.94. The summed E-state index contributed by atoms with van der Waals surface area (Å²) in [6, 6.07) is 0. The van der Waals surface area contributed by atoms with Crippen LogP contribution in [0.15, 0.2) is 6.20 Å². The molecule has 1 aromatic rings. The molecule has 1 heterocycles. The molecule has 0 amide bonds. The summed E-state index contributed by atoms with van der Waals surface area (Å²) >= 11 is 0. The van der Waals surface area contributed by atoms with Gasteiger partial charge in [0.2, 0.25) is 0 Å². The van der Waals surface area contributed by atoms with Gasteiger partial charge in [-0.1, -0.05) is 13.8 Å². The molecule has 1 rings (SSSR count). The van der Waals surface area contributed by atoms with Gasteiger partial charge in [-0.2, -0.15) is 18.3 Å². The molecule has 4 nitrogen and oxygen atoms in total. The summed E-state index contributed by atoms with van der Waals surface area (Å²) in [6.45, 7) is 3.67. The van der Waals surface area contributed by atoms with Crippen LogP contribution in [0.25, 0.3) is 0 Å². The van der Waals surface area contributed by atoms with Crippen molar-refractivity contribution < 1.29 is 22.7 Å². The van der Waals surface area contributed by atoms with Crippen molar-refractivity contribution >= 4 is 5.97 Å². The smallest absolute Gasteiger partial charge is 0.433 e. The Morgan fingerprint density at radius 1 is 1.42 bits per heavy atom. The fourth-order valence-electron chi connectivity index (χ4n) is 1.75. The van der Waals surface area contributed by atoms with Gasteiger partial charge < -0.3 is 4.74 Å². The molecule has 0 saturated carbocycles. The van der Waals surface area contributed by atoms with E-state index in [2.05, 4.69) is 5.10 Å². The second-order valence-corrected chi connectivity index (χ2v) is 4.20. The minimum atomic E-state index is -4.47. The molecule has 108 valence electrons. The summed E-state index contributed by atoms with van der Waals surface area (Å²) in [5, 5.41) is 5.28. The number of aromatic nitrogens is 2. The van der Waals surface area contributed by atoms with Crippen molar-refractivity contribution in [2.24, 2.45) is 5.92 Å². The number of nitrogens with zero attached hydrogens (tertiary/aromatic N) is 1. The minimum Gasteiger partial charge on any atom is -0.465 e. The zero-order valence-electron chi connectivity index (χ0n) is 10.9. The van der Waals surface area contributed by atoms with Gasteiger partial charge in [0.05, 0.1) is 18.7 Å². The van der Waals surface area contributed by atoms with Crippen molar-refractivity contribution in [3.05, 3.63) is 17.5 Å². The van der Waals surface area contributed by atoms with E-state index in [1.807, 2.05) is 18.9 Å². The van der Waals surface area contributed by atoms with Crippen molar-refractivity contribution in [3.63, 3.8) is 0 Å². The van der Waals surface area contributed by atoms with E-state index in [9.17, 15) is 18.0 Å². The Morgan fingerprint density at radius 3 is 2.58 bits per heavy atom. The number of carbonyl (C=O) groups excluding carboxylic acids is 1. The number of hydrogen-bond acceptors (Lipinski definition) is 3. The summed E-state index contributed by atoms with van der Waals surface area (Å²) in [5.41, 5.74) is -0.879. The van der Waals surface area contributed by atoms with E-state index < -0.39 is 11.9 Å². The number of aromatic amines is 1. The molecule has 0 radical (unpaired) electrons. The number of rotatable bonds is 6. The first-order valence-electron chi connectivity index (χ1n) is 6.16. The predicted molar refractivity (Wildman–Crippen MR) is 62.3 cm³/mol. The van der Waals surface area contributed by atoms with Crippen LogP contribution >= 0.6 is 0 Å². The van der Waals surface area contributed by atoms with E-state index in [0.717, 1.165) is 6.20 Å². The van der Waals surface area contributed by atoms with Gasteiger partial charge in [-0.3, -0.25) is 9.89 Å². The first-order chi connectivity index (χ1) is 8.90. The van der Waals surface area contributed by atoms with Crippen LogP contribution in [-0.2, 0) is 22.1 Å². The molecule has 0 bridgehead atoms. The predicted octanol–water partition coefficient (Wildman–Crippen LogP) is 2.95. The molecule has 7 heteroatoms. The highest BCUT2D eigenvalue weighted by atomic mass is 19.4. The van der Waals surface area contributed by atoms with Crippen LogP contribution in [0.3, 0.4) is 0 Å². The first kappa shape index (κ1) is 15.5. The molecule has 0 unspecified atom stereocenters. The molecule has 0 atom stereocenters. The van der Waals surface area contributed by atoms with Crippen LogP contribution in [0, 0.1) is 5.92 Å². The molecular weight excluding hydrogens is 261 g/mol. The quantitative estimate of drug-likeness (QED) is 0.814. The lowest BCUT2D eigenvalue weighted by Gasteiger charge is -2.12. The van der Waals surface area contributed by atoms with Gasteiger partial charge >= 0.3 is 12.1 Å². The van der Waals surface area contributed by atoms with Gasteiger partial charge in [0.15, 0.2) is 0 Å². The number of H-pyrrole nitrogens is 1. The normalized spacial score (nSPS) is 11.9. The SMILES string of the molecule is CCC(CC)C(=O)OCCc1cn[nH]c1C(F)(F)F. The van der Waals surface area contributed by atoms with Gasteiger partial charge in [-0.15, -0.1) is 0 Å². The number of hydrogen-bond donors (Lipinski definition) is 1. The van der Waals surface area contributed by atoms with Gasteiger partial charge in [-0.25, -0.2) is 0 Å². The van der Waals surface area contributed by atoms with Crippen LogP contribution in [0.4, 0.5) is 13.2 Å². The Balaban J connectivity index is 2.50. The number of esters is 1. The fraction of sp³-hybridized carbons (Fsp3) is 0.667. The molecular formula is C12H17F3N2O2. The minimum absolute atomic E-state index is 0.00275. The standard InChI is InChI=1S/C12H17F3N2O2/c1-3-8(4-2)11(18)19-6-5-9-7-16-17-10(9)12(13,14)15/h7-8H,3-6H2,1-2H3,(H,16,17). The van der Waals surface area contributed by atoms with E-state index >= 15 is 0 Å². The van der Waals surface area contributed by atoms with Gasteiger partial charge in [0.1, 0.15) is 5.69 Å². The number of halogens is 3. The molecule has 0 aliphatic heterocycles. The second-order valence-electron chi connectivity index (χ2n) is 4.20. The van der Waals surface area contributed by atoms with E-state index in [0.29, 0.717) is 12.8 Å². The topological polar surface area (TPSA) is 55.0 Å². The maximum Gasteiger partial charge on any atom is 0.433 e. The highest BCUT2D eigenvalue weighted by Gasteiger charge is 2.35. The van der Waals surface area contributed by atoms with Crippen LogP contribution in [0.1, 0.15) is 37.9 Å². The van der Waals surface area contributed by atoms with E-state index in [4.69, 9.17) is 4.74 Å². The molecule has 0 aliphatic rings. The molecule has 0 aliphatic carbocycles. The monoisotopic (exact) mass is 278 g/mol. The largest absolute Gasteiger partial charge is 0.465 e. The van der Waals surface area contributed by atoms with Crippen LogP contribution in [0.2, 0.25) is 0 Å². The van der Waals surface area contributed by atoms with E-state index in [-0.39, 0.29) is 30.5 Å². The molecule has 0 saturated heterocycles. The molecule has 0 spiro atoms. The lowest BCUT2D eigenvalue weighted by molar-refractivity contribution is -0.148. The summed E-state index contributed by atoms with van der Waals surface area (Å²) in [5.74, 6) is -0.548. The van der Waals surface area contributed by atoms with Crippen molar-refractivity contribution in [2.45, 2.75) is 39.3 Å². The average molecular weight is 278 g/mol. The second kappa shape index (κ2) is 6.58. The molecule has 0 aromatic carbocycles. The van der Waals surface area contributed by atoms with E-state index in [1.54, 1.807) is 0 Å². The summed E-state index contributed by atoms with van der Waals surface area (Å²) in [7, 11) is 0. The first-order valence-corrected chi connectivity index (χ1v) is 6.16. The third-order valence-electron chi connectivity index (χ3n) is 2.94. The van der Waals surface area contributed by atoms with Crippen molar-refractivity contribution in [1.29, 1.82) is 0 Å². The molecule has 1 N–H and O–H groups in total. The molecule has 0 fully saturated rings. The number of ether oxygens (including phenoxy) is 1.